The summed E-state index contributed by atoms with van der Waals surface area (Å²) in [5.74, 6) is -0.163. The molecule has 1 aliphatic rings. The van der Waals surface area contributed by atoms with Gasteiger partial charge in [0.1, 0.15) is 6.04 Å². The highest BCUT2D eigenvalue weighted by Crippen LogP contribution is 2.15. The molecule has 19 heavy (non-hydrogen) atoms. The lowest BCUT2D eigenvalue weighted by molar-refractivity contribution is -0.122. The lowest BCUT2D eigenvalue weighted by Crippen LogP contribution is -2.36. The molecule has 1 aromatic heterocycles. The van der Waals surface area contributed by atoms with E-state index >= 15 is 0 Å². The molecule has 0 aliphatic carbocycles. The van der Waals surface area contributed by atoms with Crippen LogP contribution in [-0.4, -0.2) is 34.9 Å². The topological polar surface area (TPSA) is 82.2 Å². The number of amides is 1. The van der Waals surface area contributed by atoms with Crippen molar-refractivity contribution in [2.24, 2.45) is 12.8 Å². The van der Waals surface area contributed by atoms with Gasteiger partial charge < -0.3 is 15.8 Å². The lowest BCUT2D eigenvalue weighted by atomic mass is 10.1. The molecular formula is C13H22N4O2. The first-order chi connectivity index (χ1) is 9.16. The SMILES string of the molecule is Cn1cc(C(N)C(=O)NCCC2CCCCO2)cn1. The van der Waals surface area contributed by atoms with Crippen LogP contribution in [0.2, 0.25) is 0 Å². The zero-order valence-electron chi connectivity index (χ0n) is 11.3. The Bertz CT molecular complexity index is 413. The first kappa shape index (κ1) is 14.0. The van der Waals surface area contributed by atoms with E-state index in [1.54, 1.807) is 24.1 Å². The Labute approximate surface area is 113 Å². The van der Waals surface area contributed by atoms with E-state index in [1.165, 1.54) is 6.42 Å². The maximum atomic E-state index is 11.9. The summed E-state index contributed by atoms with van der Waals surface area (Å²) in [6.45, 7) is 1.45. The quantitative estimate of drug-likeness (QED) is 0.813. The van der Waals surface area contributed by atoms with Gasteiger partial charge in [-0.1, -0.05) is 0 Å². The number of ether oxygens (including phenoxy) is 1. The van der Waals surface area contributed by atoms with E-state index in [9.17, 15) is 4.79 Å². The van der Waals surface area contributed by atoms with Gasteiger partial charge in [0.25, 0.3) is 0 Å². The average Bonchev–Trinajstić information content (AvgIpc) is 2.85. The number of carbonyl (C=O) groups is 1. The Morgan fingerprint density at radius 2 is 2.53 bits per heavy atom. The van der Waals surface area contributed by atoms with Crippen LogP contribution in [0.25, 0.3) is 0 Å². The van der Waals surface area contributed by atoms with Gasteiger partial charge in [-0.05, 0) is 25.7 Å². The van der Waals surface area contributed by atoms with E-state index in [-0.39, 0.29) is 12.0 Å². The van der Waals surface area contributed by atoms with Crippen LogP contribution < -0.4 is 11.1 Å². The summed E-state index contributed by atoms with van der Waals surface area (Å²) >= 11 is 0. The number of nitrogens with one attached hydrogen (secondary N) is 1. The summed E-state index contributed by atoms with van der Waals surface area (Å²) in [6, 6.07) is -0.652. The third-order valence-electron chi connectivity index (χ3n) is 3.41. The highest BCUT2D eigenvalue weighted by atomic mass is 16.5. The fourth-order valence-corrected chi connectivity index (χ4v) is 2.25. The maximum absolute atomic E-state index is 11.9. The van der Waals surface area contributed by atoms with Gasteiger partial charge in [-0.15, -0.1) is 0 Å². The summed E-state index contributed by atoms with van der Waals surface area (Å²) in [7, 11) is 1.80. The van der Waals surface area contributed by atoms with Gasteiger partial charge in [0, 0.05) is 32.0 Å². The van der Waals surface area contributed by atoms with Gasteiger partial charge in [0.05, 0.1) is 12.3 Å². The van der Waals surface area contributed by atoms with Gasteiger partial charge >= 0.3 is 0 Å². The van der Waals surface area contributed by atoms with Crippen LogP contribution in [0.4, 0.5) is 0 Å². The van der Waals surface area contributed by atoms with Crippen LogP contribution in [0.5, 0.6) is 0 Å². The number of nitrogens with zero attached hydrogens (tertiary/aromatic N) is 2. The van der Waals surface area contributed by atoms with Crippen molar-refractivity contribution < 1.29 is 9.53 Å². The second kappa shape index (κ2) is 6.68. The van der Waals surface area contributed by atoms with Gasteiger partial charge in [0.15, 0.2) is 0 Å². The molecule has 6 heteroatoms. The van der Waals surface area contributed by atoms with Crippen LogP contribution in [-0.2, 0) is 16.6 Å². The summed E-state index contributed by atoms with van der Waals surface area (Å²) in [5, 5.41) is 6.87. The minimum Gasteiger partial charge on any atom is -0.378 e. The smallest absolute Gasteiger partial charge is 0.241 e. The molecule has 0 spiro atoms. The predicted molar refractivity (Wildman–Crippen MR) is 71.4 cm³/mol. The standard InChI is InChI=1S/C13H22N4O2/c1-17-9-10(8-16-17)12(14)13(18)15-6-5-11-4-2-3-7-19-11/h8-9,11-12H,2-7,14H2,1H3,(H,15,18). The third-order valence-corrected chi connectivity index (χ3v) is 3.41. The number of hydrogen-bond donors (Lipinski definition) is 2. The molecule has 2 unspecified atom stereocenters. The number of hydrogen-bond acceptors (Lipinski definition) is 4. The molecule has 2 heterocycles. The number of carbonyl (C=O) groups excluding carboxylic acids is 1. The normalized spacial score (nSPS) is 21.1. The van der Waals surface area contributed by atoms with E-state index in [0.717, 1.165) is 31.4 Å². The van der Waals surface area contributed by atoms with Crippen LogP contribution in [0.3, 0.4) is 0 Å². The second-order valence-corrected chi connectivity index (χ2v) is 4.99. The Morgan fingerprint density at radius 1 is 1.68 bits per heavy atom. The number of aryl methyl sites for hydroxylation is 1. The molecule has 2 atom stereocenters. The van der Waals surface area contributed by atoms with Gasteiger partial charge in [-0.2, -0.15) is 5.10 Å². The van der Waals surface area contributed by atoms with Gasteiger partial charge in [-0.3, -0.25) is 9.48 Å². The summed E-state index contributed by atoms with van der Waals surface area (Å²) in [6.07, 6.45) is 7.96. The summed E-state index contributed by atoms with van der Waals surface area (Å²) in [4.78, 5) is 11.9. The molecule has 3 N–H and O–H groups in total. The third kappa shape index (κ3) is 4.04. The molecule has 106 valence electrons. The van der Waals surface area contributed by atoms with Crippen LogP contribution in [0.15, 0.2) is 12.4 Å². The first-order valence-electron chi connectivity index (χ1n) is 6.80. The molecule has 0 radical (unpaired) electrons. The van der Waals surface area contributed by atoms with Crippen molar-refractivity contribution >= 4 is 5.91 Å². The summed E-state index contributed by atoms with van der Waals surface area (Å²) in [5.41, 5.74) is 6.60. The first-order valence-corrected chi connectivity index (χ1v) is 6.80. The molecule has 1 aromatic rings. The average molecular weight is 266 g/mol. The van der Waals surface area contributed by atoms with Crippen molar-refractivity contribution in [2.45, 2.75) is 37.8 Å². The Morgan fingerprint density at radius 3 is 3.16 bits per heavy atom. The van der Waals surface area contributed by atoms with Crippen molar-refractivity contribution in [3.8, 4) is 0 Å². The number of rotatable bonds is 5. The molecule has 1 fully saturated rings. The molecule has 1 saturated heterocycles. The van der Waals surface area contributed by atoms with E-state index in [1.807, 2.05) is 0 Å². The molecule has 6 nitrogen and oxygen atoms in total. The van der Waals surface area contributed by atoms with Crippen molar-refractivity contribution in [2.75, 3.05) is 13.2 Å². The minimum absolute atomic E-state index is 0.163. The minimum atomic E-state index is -0.652. The Hall–Kier alpha value is -1.40. The fraction of sp³-hybridized carbons (Fsp3) is 0.692. The zero-order chi connectivity index (χ0) is 13.7. The summed E-state index contributed by atoms with van der Waals surface area (Å²) < 4.78 is 7.25. The van der Waals surface area contributed by atoms with Crippen molar-refractivity contribution in [3.05, 3.63) is 18.0 Å². The molecule has 1 amide bonds. The van der Waals surface area contributed by atoms with Gasteiger partial charge in [0.2, 0.25) is 5.91 Å². The second-order valence-electron chi connectivity index (χ2n) is 4.99. The molecule has 2 rings (SSSR count). The monoisotopic (exact) mass is 266 g/mol. The van der Waals surface area contributed by atoms with E-state index in [4.69, 9.17) is 10.5 Å². The van der Waals surface area contributed by atoms with Crippen LogP contribution >= 0.6 is 0 Å². The lowest BCUT2D eigenvalue weighted by Gasteiger charge is -2.22. The largest absolute Gasteiger partial charge is 0.378 e. The Kier molecular flexibility index (Phi) is 4.93. The van der Waals surface area contributed by atoms with E-state index in [0.29, 0.717) is 6.54 Å². The van der Waals surface area contributed by atoms with E-state index < -0.39 is 6.04 Å². The fourth-order valence-electron chi connectivity index (χ4n) is 2.25. The maximum Gasteiger partial charge on any atom is 0.241 e. The predicted octanol–water partition coefficient (Wildman–Crippen LogP) is 0.495. The van der Waals surface area contributed by atoms with Gasteiger partial charge in [-0.25, -0.2) is 0 Å². The van der Waals surface area contributed by atoms with Crippen molar-refractivity contribution in [1.82, 2.24) is 15.1 Å². The Balaban J connectivity index is 1.71. The zero-order valence-corrected chi connectivity index (χ0v) is 11.3. The molecule has 0 aromatic carbocycles. The number of nitrogens with two attached hydrogens (primary N) is 1. The van der Waals surface area contributed by atoms with Crippen LogP contribution in [0.1, 0.15) is 37.3 Å². The van der Waals surface area contributed by atoms with Crippen molar-refractivity contribution in [1.29, 1.82) is 0 Å². The van der Waals surface area contributed by atoms with Crippen molar-refractivity contribution in [3.63, 3.8) is 0 Å². The highest BCUT2D eigenvalue weighted by Gasteiger charge is 2.18. The molecule has 1 aliphatic heterocycles. The number of aromatic nitrogens is 2. The highest BCUT2D eigenvalue weighted by molar-refractivity contribution is 5.82. The van der Waals surface area contributed by atoms with E-state index in [2.05, 4.69) is 10.4 Å². The molecule has 0 saturated carbocycles. The van der Waals surface area contributed by atoms with Crippen LogP contribution in [0, 0.1) is 0 Å². The molecular weight excluding hydrogens is 244 g/mol. The molecule has 0 bridgehead atoms.